The van der Waals surface area contributed by atoms with Gasteiger partial charge < -0.3 is 19.9 Å². The number of ether oxygens (including phenoxy) is 1. The van der Waals surface area contributed by atoms with Crippen molar-refractivity contribution in [3.05, 3.63) is 94.9 Å². The van der Waals surface area contributed by atoms with Crippen molar-refractivity contribution in [1.82, 2.24) is 9.80 Å². The van der Waals surface area contributed by atoms with Crippen LogP contribution in [0.15, 0.2) is 72.6 Å². The Morgan fingerprint density at radius 1 is 1.07 bits per heavy atom. The molecular formula is C32H34N4O4. The Morgan fingerprint density at radius 3 is 2.48 bits per heavy atom. The number of piperazine rings is 1. The zero-order chi connectivity index (χ0) is 46.7. The van der Waals surface area contributed by atoms with E-state index in [2.05, 4.69) is 10.1 Å². The smallest absolute Gasteiger partial charge is 0.337 e. The summed E-state index contributed by atoms with van der Waals surface area (Å²) < 4.78 is 181. The van der Waals surface area contributed by atoms with E-state index in [1.54, 1.807) is 0 Å². The Balaban J connectivity index is 1.70. The molecule has 8 nitrogen and oxygen atoms in total. The Kier molecular flexibility index (Phi) is 3.46. The van der Waals surface area contributed by atoms with Crippen LogP contribution < -0.4 is 10.2 Å². The van der Waals surface area contributed by atoms with Crippen molar-refractivity contribution in [1.29, 1.82) is 0 Å². The fourth-order valence-electron chi connectivity index (χ4n) is 3.76. The second kappa shape index (κ2) is 11.9. The minimum atomic E-state index is -4.13. The topological polar surface area (TPSA) is 82.2 Å². The van der Waals surface area contributed by atoms with Crippen LogP contribution in [-0.4, -0.2) is 81.2 Å². The van der Waals surface area contributed by atoms with Gasteiger partial charge in [0.25, 0.3) is 5.91 Å². The molecular weight excluding hydrogens is 504 g/mol. The lowest BCUT2D eigenvalue weighted by Gasteiger charge is -2.32. The molecule has 2 aliphatic rings. The van der Waals surface area contributed by atoms with E-state index in [0.717, 1.165) is 31.4 Å². The number of rotatable bonds is 7. The average molecular weight is 560 g/mol. The number of carbonyl (C=O) groups is 3. The summed E-state index contributed by atoms with van der Waals surface area (Å²) in [5, 5.41) is 2.34. The minimum absolute atomic E-state index is 0.0308. The van der Waals surface area contributed by atoms with E-state index in [1.807, 2.05) is 0 Å². The Hall–Kier alpha value is -4.27. The van der Waals surface area contributed by atoms with Crippen LogP contribution in [0.3, 0.4) is 0 Å². The first-order chi connectivity index (χ1) is 27.7. The van der Waals surface area contributed by atoms with Crippen molar-refractivity contribution in [2.75, 3.05) is 63.8 Å². The molecule has 2 heterocycles. The molecule has 206 valence electrons. The first kappa shape index (κ1) is 11.7. The summed E-state index contributed by atoms with van der Waals surface area (Å²) in [7, 11) is 1.66. The average Bonchev–Trinajstić information content (AvgIpc) is 3.50. The lowest BCUT2D eigenvalue weighted by atomic mass is 9.90. The zero-order valence-corrected chi connectivity index (χ0v) is 21.0. The van der Waals surface area contributed by atoms with E-state index in [9.17, 15) is 14.4 Å². The molecule has 3 aromatic carbocycles. The number of carbonyl (C=O) groups excluding carboxylic acids is 3. The number of esters is 1. The van der Waals surface area contributed by atoms with E-state index in [0.29, 0.717) is 7.05 Å². The number of anilines is 2. The number of benzene rings is 3. The number of hydrogen-bond donors (Lipinski definition) is 1. The summed E-state index contributed by atoms with van der Waals surface area (Å²) in [6, 6.07) is -2.45. The van der Waals surface area contributed by atoms with Gasteiger partial charge in [-0.25, -0.2) is 4.79 Å². The van der Waals surface area contributed by atoms with Gasteiger partial charge >= 0.3 is 5.97 Å². The van der Waals surface area contributed by atoms with E-state index in [1.165, 1.54) is 0 Å². The molecule has 0 saturated carbocycles. The SMILES string of the molecule is [2H]c1c([2H])c([2H])c(/C(Cc2ccc(N(C(=O)C([2H])([2H])N3C([2H])([2H])C([2H])([2H])N(C)C([2H])([2H])C3([2H])[2H])C([2H])([2H])[2H])cc2)=C2/C(=O)Nc3c([2H])c(C(=O)OC)c([2H])c([2H])c32)c([2H])c1[2H]. The van der Waals surface area contributed by atoms with Gasteiger partial charge in [0.05, 0.1) is 38.5 Å². The molecule has 0 aromatic heterocycles. The number of methoxy groups -OCH3 is 1. The fraction of sp³-hybridized carbons (Fsp3) is 0.281. The third-order valence-corrected chi connectivity index (χ3v) is 5.67. The summed E-state index contributed by atoms with van der Waals surface area (Å²) in [4.78, 5) is 39.5. The van der Waals surface area contributed by atoms with Crippen molar-refractivity contribution in [2.45, 2.75) is 6.42 Å². The Bertz CT molecular complexity index is 2360. The van der Waals surface area contributed by atoms with Gasteiger partial charge in [0.2, 0.25) is 5.91 Å². The predicted molar refractivity (Wildman–Crippen MR) is 157 cm³/mol. The largest absolute Gasteiger partial charge is 0.465 e. The maximum atomic E-state index is 14.0. The number of hydrogen-bond acceptors (Lipinski definition) is 6. The molecule has 1 fully saturated rings. The highest BCUT2D eigenvalue weighted by Gasteiger charge is 2.29. The van der Waals surface area contributed by atoms with Gasteiger partial charge in [-0.05, 0) is 54.4 Å². The third kappa shape index (κ3) is 5.83. The molecule has 0 aliphatic carbocycles. The lowest BCUT2D eigenvalue weighted by Crippen LogP contribution is -2.48. The van der Waals surface area contributed by atoms with Crippen LogP contribution in [0.4, 0.5) is 11.4 Å². The van der Waals surface area contributed by atoms with Gasteiger partial charge in [-0.2, -0.15) is 0 Å². The Morgan fingerprint density at radius 2 is 1.80 bits per heavy atom. The van der Waals surface area contributed by atoms with Crippen LogP contribution in [0.5, 0.6) is 0 Å². The third-order valence-electron chi connectivity index (χ3n) is 5.67. The normalized spacial score (nSPS) is 30.1. The highest BCUT2D eigenvalue weighted by Crippen LogP contribution is 2.39. The second-order valence-electron chi connectivity index (χ2n) is 8.24. The number of nitrogens with zero attached hydrogens (tertiary/aromatic N) is 3. The number of allylic oxidation sites excluding steroid dienone is 1. The first-order valence-corrected chi connectivity index (χ1v) is 11.5. The summed E-state index contributed by atoms with van der Waals surface area (Å²) in [5.74, 6) is -4.42. The molecule has 0 radical (unpaired) electrons. The van der Waals surface area contributed by atoms with Gasteiger partial charge in [-0.1, -0.05) is 48.4 Å². The molecule has 0 atom stereocenters. The van der Waals surface area contributed by atoms with Crippen LogP contribution in [0.25, 0.3) is 11.1 Å². The molecule has 1 saturated heterocycles. The number of nitrogens with one attached hydrogen (secondary N) is 1. The van der Waals surface area contributed by atoms with Gasteiger partial charge in [0.15, 0.2) is 0 Å². The van der Waals surface area contributed by atoms with Gasteiger partial charge in [0, 0.05) is 65.0 Å². The highest BCUT2D eigenvalue weighted by atomic mass is 16.5. The van der Waals surface area contributed by atoms with Crippen LogP contribution in [-0.2, 0) is 20.7 Å². The van der Waals surface area contributed by atoms with Crippen molar-refractivity contribution < 1.29 is 47.9 Å². The monoisotopic (exact) mass is 559 g/mol. The van der Waals surface area contributed by atoms with E-state index in [-0.39, 0.29) is 20.9 Å². The van der Waals surface area contributed by atoms with Crippen LogP contribution >= 0.6 is 0 Å². The summed E-state index contributed by atoms with van der Waals surface area (Å²) in [5.41, 5.74) is -3.65. The van der Waals surface area contributed by atoms with Crippen molar-refractivity contribution in [3.63, 3.8) is 0 Å². The molecule has 5 rings (SSSR count). The lowest BCUT2D eigenvalue weighted by molar-refractivity contribution is -0.119. The van der Waals surface area contributed by atoms with E-state index < -0.39 is 151 Å². The number of likely N-dealkylation sites (N-methyl/N-ethyl adjacent to an activating group) is 2. The summed E-state index contributed by atoms with van der Waals surface area (Å²) in [6.45, 7) is -22.4. The van der Waals surface area contributed by atoms with Crippen LogP contribution in [0, 0.1) is 0 Å². The molecule has 0 unspecified atom stereocenters. The van der Waals surface area contributed by atoms with Crippen molar-refractivity contribution >= 4 is 40.3 Å². The molecule has 0 bridgehead atoms. The van der Waals surface area contributed by atoms with Gasteiger partial charge in [-0.15, -0.1) is 0 Å². The quantitative estimate of drug-likeness (QED) is 0.351. The van der Waals surface area contributed by atoms with E-state index >= 15 is 0 Å². The van der Waals surface area contributed by atoms with Crippen molar-refractivity contribution in [3.8, 4) is 0 Å². The summed E-state index contributed by atoms with van der Waals surface area (Å²) in [6.07, 6.45) is -0.594. The first-order valence-electron chi connectivity index (χ1n) is 22.0. The fourth-order valence-corrected chi connectivity index (χ4v) is 3.76. The number of fused-ring (bicyclic) bond motifs is 1. The molecule has 2 aliphatic heterocycles. The van der Waals surface area contributed by atoms with Crippen LogP contribution in [0.2, 0.25) is 0 Å². The molecule has 0 spiro atoms. The maximum Gasteiger partial charge on any atom is 0.337 e. The van der Waals surface area contributed by atoms with Crippen molar-refractivity contribution in [2.24, 2.45) is 0 Å². The Labute approximate surface area is 264 Å². The standard InChI is InChI=1S/C32H34N4O4/c1-34-15-17-36(18-16-34)21-29(37)35(2)25-12-9-22(10-13-25)19-27(23-7-5-4-6-8-23)30-26-14-11-24(32(39)40-3)20-28(26)33-31(30)38/h4-14,20H,15-19,21H2,1-3H3,(H,33,38)/b30-27+/i2D3,4D,5D,6D,7D,8D,11D,14D,15D2,16D2,17D2,18D2,20D,21D2. The molecule has 2 amide bonds. The minimum Gasteiger partial charge on any atom is -0.465 e. The molecule has 40 heavy (non-hydrogen) atoms. The highest BCUT2D eigenvalue weighted by molar-refractivity contribution is 6.37. The molecule has 8 heteroatoms. The summed E-state index contributed by atoms with van der Waals surface area (Å²) >= 11 is 0. The van der Waals surface area contributed by atoms with Gasteiger partial charge in [-0.3, -0.25) is 14.5 Å². The molecule has 3 aromatic rings. The zero-order valence-electron chi connectivity index (χ0n) is 42.0. The van der Waals surface area contributed by atoms with Gasteiger partial charge in [0.1, 0.15) is 0 Å². The maximum absolute atomic E-state index is 14.0. The van der Waals surface area contributed by atoms with E-state index in [4.69, 9.17) is 28.8 Å². The predicted octanol–water partition coefficient (Wildman–Crippen LogP) is 3.79. The number of amides is 2. The van der Waals surface area contributed by atoms with Crippen LogP contribution in [0.1, 0.15) is 55.8 Å². The second-order valence-corrected chi connectivity index (χ2v) is 8.24. The molecule has 1 N–H and O–H groups in total.